The maximum Gasteiger partial charge on any atom is 0.303 e. The number of halogens is 2. The number of nitrogens with one attached hydrogen (secondary N) is 1. The van der Waals surface area contributed by atoms with Crippen LogP contribution in [0.3, 0.4) is 0 Å². The van der Waals surface area contributed by atoms with Crippen LogP contribution >= 0.6 is 0 Å². The van der Waals surface area contributed by atoms with Crippen molar-refractivity contribution in [3.8, 4) is 16.9 Å². The number of ether oxygens (including phenoxy) is 1. The number of carbonyl (C=O) groups is 1. The van der Waals surface area contributed by atoms with E-state index in [1.54, 1.807) is 6.07 Å². The van der Waals surface area contributed by atoms with Crippen LogP contribution in [0.15, 0.2) is 36.4 Å². The summed E-state index contributed by atoms with van der Waals surface area (Å²) in [5, 5.41) is 12.1. The zero-order valence-corrected chi connectivity index (χ0v) is 15.0. The molecule has 2 aromatic rings. The maximum atomic E-state index is 14.3. The van der Waals surface area contributed by atoms with Crippen LogP contribution in [0.25, 0.3) is 11.1 Å². The van der Waals surface area contributed by atoms with Gasteiger partial charge in [0.15, 0.2) is 17.4 Å². The van der Waals surface area contributed by atoms with Crippen LogP contribution in [0.4, 0.5) is 14.5 Å². The van der Waals surface area contributed by atoms with Crippen molar-refractivity contribution in [1.82, 2.24) is 0 Å². The monoisotopic (exact) mass is 375 g/mol. The molecule has 1 fully saturated rings. The molecule has 0 atom stereocenters. The molecule has 144 valence electrons. The smallest absolute Gasteiger partial charge is 0.303 e. The molecule has 4 nitrogen and oxygen atoms in total. The number of hydrogen-bond donors (Lipinski definition) is 2. The molecule has 0 heterocycles. The predicted molar refractivity (Wildman–Crippen MR) is 100 cm³/mol. The summed E-state index contributed by atoms with van der Waals surface area (Å²) in [5.74, 6) is -3.03. The highest BCUT2D eigenvalue weighted by Gasteiger charge is 2.16. The first-order chi connectivity index (χ1) is 13.0. The lowest BCUT2D eigenvalue weighted by Gasteiger charge is -2.15. The van der Waals surface area contributed by atoms with E-state index < -0.39 is 23.4 Å². The van der Waals surface area contributed by atoms with E-state index in [9.17, 15) is 13.6 Å². The van der Waals surface area contributed by atoms with Crippen LogP contribution in [-0.2, 0) is 4.79 Å². The van der Waals surface area contributed by atoms with Gasteiger partial charge in [-0.05, 0) is 54.7 Å². The van der Waals surface area contributed by atoms with E-state index in [2.05, 4.69) is 5.32 Å². The molecule has 0 bridgehead atoms. The van der Waals surface area contributed by atoms with Gasteiger partial charge in [-0.3, -0.25) is 4.79 Å². The van der Waals surface area contributed by atoms with E-state index in [0.29, 0.717) is 17.2 Å². The molecule has 2 N–H and O–H groups in total. The third-order valence-electron chi connectivity index (χ3n) is 4.70. The number of benzene rings is 2. The van der Waals surface area contributed by atoms with Crippen LogP contribution < -0.4 is 10.1 Å². The van der Waals surface area contributed by atoms with E-state index in [4.69, 9.17) is 9.84 Å². The first kappa shape index (κ1) is 19.1. The van der Waals surface area contributed by atoms with E-state index in [1.807, 2.05) is 18.2 Å². The van der Waals surface area contributed by atoms with Crippen molar-refractivity contribution < 1.29 is 23.4 Å². The fraction of sp³-hybridized carbons (Fsp3) is 0.381. The molecule has 6 heteroatoms. The Labute approximate surface area is 157 Å². The summed E-state index contributed by atoms with van der Waals surface area (Å²) in [5.41, 5.74) is 2.08. The van der Waals surface area contributed by atoms with Crippen LogP contribution in [0, 0.1) is 11.6 Å². The van der Waals surface area contributed by atoms with Crippen LogP contribution in [0.5, 0.6) is 5.75 Å². The second kappa shape index (κ2) is 8.84. The largest absolute Gasteiger partial charge is 0.488 e. The van der Waals surface area contributed by atoms with Crippen LogP contribution in [0.1, 0.15) is 38.5 Å². The summed E-state index contributed by atoms with van der Waals surface area (Å²) in [6, 6.07) is 10.4. The molecule has 0 saturated heterocycles. The van der Waals surface area contributed by atoms with Gasteiger partial charge in [0, 0.05) is 18.2 Å². The van der Waals surface area contributed by atoms with Gasteiger partial charge in [0.25, 0.3) is 0 Å². The minimum Gasteiger partial charge on any atom is -0.488 e. The molecule has 0 amide bonds. The second-order valence-electron chi connectivity index (χ2n) is 6.82. The Kier molecular flexibility index (Phi) is 6.27. The Balaban J connectivity index is 1.72. The van der Waals surface area contributed by atoms with Gasteiger partial charge in [-0.25, -0.2) is 8.78 Å². The highest BCUT2D eigenvalue weighted by molar-refractivity contribution is 5.69. The Morgan fingerprint density at radius 2 is 1.81 bits per heavy atom. The van der Waals surface area contributed by atoms with Gasteiger partial charge in [0.05, 0.1) is 6.61 Å². The maximum absolute atomic E-state index is 14.3. The summed E-state index contributed by atoms with van der Waals surface area (Å²) in [6.45, 7) is -0.0553. The van der Waals surface area contributed by atoms with Gasteiger partial charge in [-0.15, -0.1) is 0 Å². The molecular weight excluding hydrogens is 352 g/mol. The van der Waals surface area contributed by atoms with Gasteiger partial charge in [-0.2, -0.15) is 0 Å². The Morgan fingerprint density at radius 3 is 2.48 bits per heavy atom. The fourth-order valence-corrected chi connectivity index (χ4v) is 3.36. The Hall–Kier alpha value is -2.63. The normalized spacial score (nSPS) is 14.3. The van der Waals surface area contributed by atoms with Crippen molar-refractivity contribution in [2.45, 2.75) is 44.6 Å². The molecule has 0 aromatic heterocycles. The van der Waals surface area contributed by atoms with Crippen molar-refractivity contribution >= 4 is 11.7 Å². The number of rotatable bonds is 8. The van der Waals surface area contributed by atoms with E-state index >= 15 is 0 Å². The molecule has 3 rings (SSSR count). The molecule has 1 saturated carbocycles. The number of aliphatic carboxylic acids is 1. The minimum absolute atomic E-state index is 0.0553. The minimum atomic E-state index is -0.971. The Bertz CT molecular complexity index is 781. The number of anilines is 1. The topological polar surface area (TPSA) is 58.6 Å². The van der Waals surface area contributed by atoms with Crippen molar-refractivity contribution in [3.63, 3.8) is 0 Å². The van der Waals surface area contributed by atoms with Crippen molar-refractivity contribution in [1.29, 1.82) is 0 Å². The molecule has 2 aromatic carbocycles. The molecular formula is C21H23F2NO3. The first-order valence-electron chi connectivity index (χ1n) is 9.23. The van der Waals surface area contributed by atoms with Gasteiger partial charge in [-0.1, -0.05) is 25.0 Å². The average Bonchev–Trinajstić information content (AvgIpc) is 3.13. The molecule has 0 unspecified atom stereocenters. The van der Waals surface area contributed by atoms with Crippen molar-refractivity contribution in [2.75, 3.05) is 11.9 Å². The van der Waals surface area contributed by atoms with Crippen molar-refractivity contribution in [3.05, 3.63) is 48.0 Å². The third-order valence-corrected chi connectivity index (χ3v) is 4.70. The number of carboxylic acid groups (broad SMARTS) is 1. The summed E-state index contributed by atoms with van der Waals surface area (Å²) in [7, 11) is 0. The van der Waals surface area contributed by atoms with Gasteiger partial charge in [0.1, 0.15) is 0 Å². The summed E-state index contributed by atoms with van der Waals surface area (Å²) >= 11 is 0. The number of carboxylic acids is 1. The Morgan fingerprint density at radius 1 is 1.11 bits per heavy atom. The van der Waals surface area contributed by atoms with Gasteiger partial charge in [0.2, 0.25) is 0 Å². The SMILES string of the molecule is O=C(O)CCCOc1c(F)cc(-c2cccc(NC3CCCC3)c2)cc1F. The average molecular weight is 375 g/mol. The van der Waals surface area contributed by atoms with E-state index in [1.165, 1.54) is 25.0 Å². The summed E-state index contributed by atoms with van der Waals surface area (Å²) < 4.78 is 33.7. The van der Waals surface area contributed by atoms with E-state index in [0.717, 1.165) is 18.5 Å². The molecule has 27 heavy (non-hydrogen) atoms. The summed E-state index contributed by atoms with van der Waals surface area (Å²) in [6.07, 6.45) is 4.80. The van der Waals surface area contributed by atoms with E-state index in [-0.39, 0.29) is 19.4 Å². The molecule has 1 aliphatic rings. The molecule has 1 aliphatic carbocycles. The van der Waals surface area contributed by atoms with Gasteiger partial charge >= 0.3 is 5.97 Å². The quantitative estimate of drug-likeness (QED) is 0.620. The van der Waals surface area contributed by atoms with Crippen molar-refractivity contribution in [2.24, 2.45) is 0 Å². The number of hydrogen-bond acceptors (Lipinski definition) is 3. The lowest BCUT2D eigenvalue weighted by Crippen LogP contribution is -2.14. The molecule has 0 spiro atoms. The zero-order valence-electron chi connectivity index (χ0n) is 15.0. The standard InChI is InChI=1S/C21H23F2NO3/c22-18-12-15(13-19(23)21(18)27-10-4-9-20(25)26)14-5-3-8-17(11-14)24-16-6-1-2-7-16/h3,5,8,11-13,16,24H,1-2,4,6-7,9-10H2,(H,25,26). The highest BCUT2D eigenvalue weighted by Crippen LogP contribution is 2.31. The fourth-order valence-electron chi connectivity index (χ4n) is 3.36. The third kappa shape index (κ3) is 5.18. The van der Waals surface area contributed by atoms with Crippen LogP contribution in [-0.4, -0.2) is 23.7 Å². The lowest BCUT2D eigenvalue weighted by atomic mass is 10.0. The first-order valence-corrected chi connectivity index (χ1v) is 9.23. The molecule has 0 radical (unpaired) electrons. The summed E-state index contributed by atoms with van der Waals surface area (Å²) in [4.78, 5) is 10.5. The molecule has 0 aliphatic heterocycles. The second-order valence-corrected chi connectivity index (χ2v) is 6.82. The highest BCUT2D eigenvalue weighted by atomic mass is 19.1. The lowest BCUT2D eigenvalue weighted by molar-refractivity contribution is -0.137. The zero-order chi connectivity index (χ0) is 19.2. The van der Waals surface area contributed by atoms with Crippen LogP contribution in [0.2, 0.25) is 0 Å². The predicted octanol–water partition coefficient (Wildman–Crippen LogP) is 5.23. The van der Waals surface area contributed by atoms with Gasteiger partial charge < -0.3 is 15.2 Å².